The molecule has 0 aliphatic heterocycles. The fourth-order valence-electron chi connectivity index (χ4n) is 2.72. The van der Waals surface area contributed by atoms with Crippen LogP contribution >= 0.6 is 0 Å². The van der Waals surface area contributed by atoms with Crippen LogP contribution in [0.5, 0.6) is 5.75 Å². The van der Waals surface area contributed by atoms with E-state index >= 15 is 0 Å². The number of carbonyl (C=O) groups excluding carboxylic acids is 1. The Hall–Kier alpha value is -2.03. The molecule has 1 aromatic rings. The highest BCUT2D eigenvalue weighted by atomic mass is 16.5. The average Bonchev–Trinajstić information content (AvgIpc) is 2.52. The largest absolute Gasteiger partial charge is 0.497 e. The Balaban J connectivity index is 2.18. The van der Waals surface area contributed by atoms with Crippen LogP contribution in [0.4, 0.5) is 0 Å². The lowest BCUT2D eigenvalue weighted by molar-refractivity contribution is -0.147. The van der Waals surface area contributed by atoms with Crippen molar-refractivity contribution in [2.45, 2.75) is 26.2 Å². The van der Waals surface area contributed by atoms with E-state index in [1.54, 1.807) is 7.11 Å². The lowest BCUT2D eigenvalue weighted by Gasteiger charge is -2.26. The first-order chi connectivity index (χ1) is 10.1. The molecule has 0 bridgehead atoms. The van der Waals surface area contributed by atoms with Crippen molar-refractivity contribution < 1.29 is 14.3 Å². The summed E-state index contributed by atoms with van der Waals surface area (Å²) in [6, 6.07) is 6.15. The molecule has 0 amide bonds. The molecule has 1 aliphatic carbocycles. The zero-order chi connectivity index (χ0) is 15.3. The number of hydrogen-bond acceptors (Lipinski definition) is 3. The molecule has 21 heavy (non-hydrogen) atoms. The van der Waals surface area contributed by atoms with Crippen LogP contribution in [-0.2, 0) is 16.0 Å². The van der Waals surface area contributed by atoms with Crippen molar-refractivity contribution in [3.05, 3.63) is 53.6 Å². The fraction of sp³-hybridized carbons (Fsp3) is 0.389. The van der Waals surface area contributed by atoms with Gasteiger partial charge < -0.3 is 9.47 Å². The van der Waals surface area contributed by atoms with Gasteiger partial charge in [-0.25, -0.2) is 0 Å². The number of esters is 1. The van der Waals surface area contributed by atoms with Gasteiger partial charge in [0.05, 0.1) is 14.2 Å². The van der Waals surface area contributed by atoms with Gasteiger partial charge in [0.1, 0.15) is 11.2 Å². The van der Waals surface area contributed by atoms with Gasteiger partial charge in [-0.05, 0) is 49.4 Å². The molecule has 3 heteroatoms. The first-order valence-corrected chi connectivity index (χ1v) is 7.18. The number of aryl methyl sites for hydroxylation is 2. The standard InChI is InChI=1S/C18H22O3/c1-14-11-15(13-16(12-14)20-2)7-10-18(17(19)21-3)8-5-4-6-9-18/h5-6,8-9,11-13H,4,7,10H2,1-3H3. The van der Waals surface area contributed by atoms with Gasteiger partial charge in [-0.15, -0.1) is 0 Å². The molecule has 1 aromatic carbocycles. The van der Waals surface area contributed by atoms with Crippen LogP contribution in [0.3, 0.4) is 0 Å². The van der Waals surface area contributed by atoms with E-state index in [1.165, 1.54) is 12.7 Å². The Kier molecular flexibility index (Phi) is 4.84. The van der Waals surface area contributed by atoms with Gasteiger partial charge in [0, 0.05) is 0 Å². The lowest BCUT2D eigenvalue weighted by Crippen LogP contribution is -2.30. The molecule has 0 aromatic heterocycles. The molecule has 3 nitrogen and oxygen atoms in total. The van der Waals surface area contributed by atoms with Crippen LogP contribution < -0.4 is 4.74 Å². The van der Waals surface area contributed by atoms with Gasteiger partial charge in [-0.2, -0.15) is 0 Å². The second kappa shape index (κ2) is 6.61. The van der Waals surface area contributed by atoms with Crippen LogP contribution in [0.2, 0.25) is 0 Å². The zero-order valence-corrected chi connectivity index (χ0v) is 12.9. The minimum Gasteiger partial charge on any atom is -0.497 e. The van der Waals surface area contributed by atoms with E-state index in [9.17, 15) is 4.79 Å². The summed E-state index contributed by atoms with van der Waals surface area (Å²) in [5, 5.41) is 0. The molecule has 0 N–H and O–H groups in total. The highest BCUT2D eigenvalue weighted by molar-refractivity contribution is 5.81. The molecule has 0 heterocycles. The van der Waals surface area contributed by atoms with Crippen molar-refractivity contribution in [2.75, 3.05) is 14.2 Å². The lowest BCUT2D eigenvalue weighted by atomic mass is 9.79. The third-order valence-electron chi connectivity index (χ3n) is 3.84. The van der Waals surface area contributed by atoms with E-state index in [0.29, 0.717) is 6.42 Å². The molecule has 0 atom stereocenters. The molecular weight excluding hydrogens is 264 g/mol. The number of hydrogen-bond donors (Lipinski definition) is 0. The predicted molar refractivity (Wildman–Crippen MR) is 83.4 cm³/mol. The van der Waals surface area contributed by atoms with Gasteiger partial charge in [-0.3, -0.25) is 4.79 Å². The number of benzene rings is 1. The van der Waals surface area contributed by atoms with Crippen molar-refractivity contribution in [1.82, 2.24) is 0 Å². The average molecular weight is 286 g/mol. The topological polar surface area (TPSA) is 35.5 Å². The number of rotatable bonds is 5. The Morgan fingerprint density at radius 2 is 1.90 bits per heavy atom. The number of carbonyl (C=O) groups is 1. The fourth-order valence-corrected chi connectivity index (χ4v) is 2.72. The summed E-state index contributed by atoms with van der Waals surface area (Å²) < 4.78 is 10.3. The summed E-state index contributed by atoms with van der Waals surface area (Å²) in [4.78, 5) is 12.2. The maximum absolute atomic E-state index is 12.2. The Morgan fingerprint density at radius 1 is 1.19 bits per heavy atom. The number of methoxy groups -OCH3 is 2. The van der Waals surface area contributed by atoms with Crippen molar-refractivity contribution in [3.8, 4) is 5.75 Å². The second-order valence-corrected chi connectivity index (χ2v) is 5.43. The molecule has 0 saturated heterocycles. The van der Waals surface area contributed by atoms with Crippen molar-refractivity contribution in [1.29, 1.82) is 0 Å². The molecule has 112 valence electrons. The van der Waals surface area contributed by atoms with Crippen molar-refractivity contribution in [2.24, 2.45) is 5.41 Å². The van der Waals surface area contributed by atoms with E-state index < -0.39 is 5.41 Å². The van der Waals surface area contributed by atoms with E-state index in [0.717, 1.165) is 24.2 Å². The summed E-state index contributed by atoms with van der Waals surface area (Å²) >= 11 is 0. The third-order valence-corrected chi connectivity index (χ3v) is 3.84. The highest BCUT2D eigenvalue weighted by Crippen LogP contribution is 2.33. The monoisotopic (exact) mass is 286 g/mol. The van der Waals surface area contributed by atoms with Gasteiger partial charge in [-0.1, -0.05) is 30.4 Å². The van der Waals surface area contributed by atoms with E-state index in [2.05, 4.69) is 6.07 Å². The molecule has 0 fully saturated rings. The van der Waals surface area contributed by atoms with Crippen molar-refractivity contribution in [3.63, 3.8) is 0 Å². The van der Waals surface area contributed by atoms with Gasteiger partial charge in [0.15, 0.2) is 0 Å². The molecular formula is C18H22O3. The van der Waals surface area contributed by atoms with Gasteiger partial charge in [0.2, 0.25) is 0 Å². The van der Waals surface area contributed by atoms with E-state index in [1.807, 2.05) is 43.4 Å². The smallest absolute Gasteiger partial charge is 0.319 e. The quantitative estimate of drug-likeness (QED) is 0.612. The molecule has 0 saturated carbocycles. The first-order valence-electron chi connectivity index (χ1n) is 7.18. The van der Waals surface area contributed by atoms with Crippen LogP contribution in [0.25, 0.3) is 0 Å². The van der Waals surface area contributed by atoms with Crippen LogP contribution in [0.1, 0.15) is 24.0 Å². The number of ether oxygens (including phenoxy) is 2. The van der Waals surface area contributed by atoms with Gasteiger partial charge in [0.25, 0.3) is 0 Å². The molecule has 0 radical (unpaired) electrons. The Labute approximate surface area is 126 Å². The molecule has 0 spiro atoms. The predicted octanol–water partition coefficient (Wildman–Crippen LogP) is 3.61. The highest BCUT2D eigenvalue weighted by Gasteiger charge is 2.34. The Morgan fingerprint density at radius 3 is 2.52 bits per heavy atom. The minimum atomic E-state index is -0.635. The zero-order valence-electron chi connectivity index (χ0n) is 12.9. The first kappa shape index (κ1) is 15.4. The maximum Gasteiger partial charge on any atom is 0.319 e. The molecule has 0 unspecified atom stereocenters. The molecule has 1 aliphatic rings. The molecule has 2 rings (SSSR count). The van der Waals surface area contributed by atoms with Gasteiger partial charge >= 0.3 is 5.97 Å². The minimum absolute atomic E-state index is 0.200. The second-order valence-electron chi connectivity index (χ2n) is 5.43. The normalized spacial score (nSPS) is 15.8. The summed E-state index contributed by atoms with van der Waals surface area (Å²) in [6.45, 7) is 2.04. The van der Waals surface area contributed by atoms with Crippen molar-refractivity contribution >= 4 is 5.97 Å². The summed E-state index contributed by atoms with van der Waals surface area (Å²) in [7, 11) is 3.11. The van der Waals surface area contributed by atoms with Crippen LogP contribution in [0.15, 0.2) is 42.5 Å². The van der Waals surface area contributed by atoms with Crippen LogP contribution in [0, 0.1) is 12.3 Å². The summed E-state index contributed by atoms with van der Waals surface area (Å²) in [6.07, 6.45) is 10.3. The van der Waals surface area contributed by atoms with E-state index in [-0.39, 0.29) is 5.97 Å². The number of allylic oxidation sites excluding steroid dienone is 2. The summed E-state index contributed by atoms with van der Waals surface area (Å²) in [5.41, 5.74) is 1.69. The van der Waals surface area contributed by atoms with E-state index in [4.69, 9.17) is 9.47 Å². The summed E-state index contributed by atoms with van der Waals surface area (Å²) in [5.74, 6) is 0.654. The SMILES string of the molecule is COC(=O)C1(CCc2cc(C)cc(OC)c2)C=CCC=C1. The third kappa shape index (κ3) is 3.54. The van der Waals surface area contributed by atoms with Crippen LogP contribution in [-0.4, -0.2) is 20.2 Å². The maximum atomic E-state index is 12.2. The Bertz CT molecular complexity index is 558.